The molecule has 0 aromatic heterocycles. The summed E-state index contributed by atoms with van der Waals surface area (Å²) in [5.74, 6) is 0. The first-order chi connectivity index (χ1) is 4.73. The smallest absolute Gasteiger partial charge is 0.0701 e. The first-order valence-corrected chi connectivity index (χ1v) is 3.57. The molecule has 0 unspecified atom stereocenters. The topological polar surface area (TPSA) is 133 Å². The normalized spacial score (nSPS) is 12.9. The van der Waals surface area contributed by atoms with Gasteiger partial charge in [-0.05, 0) is 13.8 Å². The summed E-state index contributed by atoms with van der Waals surface area (Å²) in [4.78, 5) is 0. The molecule has 14 heavy (non-hydrogen) atoms. The SMILES string of the molecule is C1COCCO1.CC(C)O.O.O.O.[Ti]. The van der Waals surface area contributed by atoms with Crippen molar-refractivity contribution in [1.29, 1.82) is 0 Å². The second-order valence-electron chi connectivity index (χ2n) is 2.32. The Morgan fingerprint density at radius 1 is 0.857 bits per heavy atom. The van der Waals surface area contributed by atoms with Gasteiger partial charge < -0.3 is 31.0 Å². The average Bonchev–Trinajstić information content (AvgIpc) is 1.90. The molecule has 0 bridgehead atoms. The molecule has 7 heteroatoms. The van der Waals surface area contributed by atoms with Gasteiger partial charge in [0.1, 0.15) is 0 Å². The van der Waals surface area contributed by atoms with Crippen LogP contribution in [-0.4, -0.2) is 54.1 Å². The fourth-order valence-electron chi connectivity index (χ4n) is 0.440. The monoisotopic (exact) mass is 250 g/mol. The third-order valence-electron chi connectivity index (χ3n) is 0.744. The summed E-state index contributed by atoms with van der Waals surface area (Å²) in [6, 6.07) is 0. The molecule has 0 spiro atoms. The van der Waals surface area contributed by atoms with Crippen molar-refractivity contribution in [2.75, 3.05) is 26.4 Å². The van der Waals surface area contributed by atoms with Crippen LogP contribution in [0.3, 0.4) is 0 Å². The van der Waals surface area contributed by atoms with Crippen molar-refractivity contribution in [3.63, 3.8) is 0 Å². The summed E-state index contributed by atoms with van der Waals surface area (Å²) in [7, 11) is 0. The third-order valence-corrected chi connectivity index (χ3v) is 0.744. The molecule has 0 atom stereocenters. The van der Waals surface area contributed by atoms with Crippen LogP contribution in [0.5, 0.6) is 0 Å². The molecular weight excluding hydrogens is 228 g/mol. The molecule has 0 aromatic carbocycles. The minimum Gasteiger partial charge on any atom is -0.412 e. The van der Waals surface area contributed by atoms with Gasteiger partial charge in [-0.2, -0.15) is 0 Å². The van der Waals surface area contributed by atoms with Gasteiger partial charge in [-0.15, -0.1) is 0 Å². The Morgan fingerprint density at radius 2 is 1.00 bits per heavy atom. The van der Waals surface area contributed by atoms with Gasteiger partial charge in [0.25, 0.3) is 0 Å². The number of hydrogen-bond donors (Lipinski definition) is 1. The number of rotatable bonds is 0. The second-order valence-corrected chi connectivity index (χ2v) is 2.32. The summed E-state index contributed by atoms with van der Waals surface area (Å²) in [5, 5.41) is 8.06. The number of aliphatic hydroxyl groups is 1. The van der Waals surface area contributed by atoms with E-state index in [2.05, 4.69) is 0 Å². The Morgan fingerprint density at radius 3 is 1.07 bits per heavy atom. The molecule has 0 aliphatic carbocycles. The van der Waals surface area contributed by atoms with Crippen LogP contribution in [0.2, 0.25) is 0 Å². The molecule has 6 nitrogen and oxygen atoms in total. The molecule has 1 rings (SSSR count). The Hall–Kier alpha value is 0.474. The molecule has 90 valence electrons. The van der Waals surface area contributed by atoms with E-state index >= 15 is 0 Å². The Balaban J connectivity index is -0.0000000315. The minimum atomic E-state index is -0.167. The molecule has 0 saturated carbocycles. The summed E-state index contributed by atoms with van der Waals surface area (Å²) < 4.78 is 9.89. The van der Waals surface area contributed by atoms with Crippen molar-refractivity contribution in [2.45, 2.75) is 20.0 Å². The average molecular weight is 250 g/mol. The van der Waals surface area contributed by atoms with Crippen LogP contribution < -0.4 is 0 Å². The fourth-order valence-corrected chi connectivity index (χ4v) is 0.440. The maximum atomic E-state index is 8.06. The summed E-state index contributed by atoms with van der Waals surface area (Å²) in [6.45, 7) is 6.56. The zero-order valence-electron chi connectivity index (χ0n) is 8.67. The Bertz CT molecular complexity index is 54.9. The summed E-state index contributed by atoms with van der Waals surface area (Å²) in [5.41, 5.74) is 0. The molecule has 1 saturated heterocycles. The van der Waals surface area contributed by atoms with Crippen LogP contribution in [0.4, 0.5) is 0 Å². The van der Waals surface area contributed by atoms with Gasteiger partial charge in [0, 0.05) is 27.8 Å². The van der Waals surface area contributed by atoms with E-state index in [1.165, 1.54) is 0 Å². The van der Waals surface area contributed by atoms with E-state index in [1.54, 1.807) is 13.8 Å². The van der Waals surface area contributed by atoms with E-state index in [-0.39, 0.29) is 44.3 Å². The summed E-state index contributed by atoms with van der Waals surface area (Å²) in [6.07, 6.45) is -0.167. The molecule has 1 aliphatic rings. The van der Waals surface area contributed by atoms with Crippen LogP contribution in [0.1, 0.15) is 13.8 Å². The molecule has 0 radical (unpaired) electrons. The van der Waals surface area contributed by atoms with Gasteiger partial charge in [-0.25, -0.2) is 0 Å². The maximum absolute atomic E-state index is 8.06. The van der Waals surface area contributed by atoms with Gasteiger partial charge in [0.05, 0.1) is 26.4 Å². The Labute approximate surface area is 99.4 Å². The van der Waals surface area contributed by atoms with E-state index in [0.29, 0.717) is 0 Å². The van der Waals surface area contributed by atoms with Crippen molar-refractivity contribution in [3.05, 3.63) is 0 Å². The predicted octanol–water partition coefficient (Wildman–Crippen LogP) is -2.06. The molecule has 0 aromatic rings. The van der Waals surface area contributed by atoms with Crippen molar-refractivity contribution in [3.8, 4) is 0 Å². The molecule has 7 N–H and O–H groups in total. The standard InChI is InChI=1S/C4H8O2.C3H8O.3H2O.Ti/c1-2-6-4-3-5-1;1-3(2)4;;;;/h1-4H2;3-4H,1-2H3;3*1H2;. The van der Waals surface area contributed by atoms with Crippen molar-refractivity contribution in [2.24, 2.45) is 0 Å². The molecule has 1 heterocycles. The van der Waals surface area contributed by atoms with Crippen LogP contribution in [0, 0.1) is 0 Å². The van der Waals surface area contributed by atoms with E-state index in [4.69, 9.17) is 14.6 Å². The molecule has 1 aliphatic heterocycles. The van der Waals surface area contributed by atoms with Gasteiger partial charge in [0.2, 0.25) is 0 Å². The number of ether oxygens (including phenoxy) is 2. The zero-order chi connectivity index (χ0) is 7.82. The number of aliphatic hydroxyl groups excluding tert-OH is 1. The van der Waals surface area contributed by atoms with Crippen LogP contribution in [0.25, 0.3) is 0 Å². The predicted molar refractivity (Wildman–Crippen MR) is 49.8 cm³/mol. The van der Waals surface area contributed by atoms with Gasteiger partial charge in [0.15, 0.2) is 0 Å². The van der Waals surface area contributed by atoms with Gasteiger partial charge >= 0.3 is 0 Å². The Kier molecular flexibility index (Phi) is 48.8. The quantitative estimate of drug-likeness (QED) is 0.495. The first-order valence-electron chi connectivity index (χ1n) is 3.57. The summed E-state index contributed by atoms with van der Waals surface area (Å²) >= 11 is 0. The molecule has 0 amide bonds. The third kappa shape index (κ3) is 39.2. The van der Waals surface area contributed by atoms with Crippen molar-refractivity contribution in [1.82, 2.24) is 0 Å². The molecular formula is C7H22O6Ti. The molecule has 1 fully saturated rings. The first kappa shape index (κ1) is 29.3. The second kappa shape index (κ2) is 23.4. The van der Waals surface area contributed by atoms with Gasteiger partial charge in [-0.3, -0.25) is 0 Å². The van der Waals surface area contributed by atoms with Crippen LogP contribution >= 0.6 is 0 Å². The maximum Gasteiger partial charge on any atom is 0.0701 e. The minimum absolute atomic E-state index is 0. The van der Waals surface area contributed by atoms with Gasteiger partial charge in [-0.1, -0.05) is 0 Å². The zero-order valence-corrected chi connectivity index (χ0v) is 10.2. The van der Waals surface area contributed by atoms with Crippen LogP contribution in [-0.2, 0) is 31.2 Å². The largest absolute Gasteiger partial charge is 0.412 e. The number of hydrogen-bond acceptors (Lipinski definition) is 3. The van der Waals surface area contributed by atoms with Crippen molar-refractivity contribution < 1.29 is 52.7 Å². The van der Waals surface area contributed by atoms with Crippen LogP contribution in [0.15, 0.2) is 0 Å². The van der Waals surface area contributed by atoms with E-state index < -0.39 is 0 Å². The van der Waals surface area contributed by atoms with E-state index in [0.717, 1.165) is 26.4 Å². The van der Waals surface area contributed by atoms with E-state index in [9.17, 15) is 0 Å². The van der Waals surface area contributed by atoms with Crippen molar-refractivity contribution >= 4 is 0 Å². The fraction of sp³-hybridized carbons (Fsp3) is 1.00. The van der Waals surface area contributed by atoms with E-state index in [1.807, 2.05) is 0 Å².